The average Bonchev–Trinajstić information content (AvgIpc) is 2.94. The molecule has 132 valence electrons. The van der Waals surface area contributed by atoms with Crippen LogP contribution >= 0.6 is 0 Å². The number of non-ortho nitro benzene ring substituents is 1. The molecule has 7 nitrogen and oxygen atoms in total. The SMILES string of the molecule is COc1ccc(C=Nc2c(C)nn(-c3ccc([N+](=O)[O-])cc3)c2C)cc1. The summed E-state index contributed by atoms with van der Waals surface area (Å²) in [5, 5.41) is 15.3. The lowest BCUT2D eigenvalue weighted by molar-refractivity contribution is -0.384. The highest BCUT2D eigenvalue weighted by molar-refractivity contribution is 5.82. The van der Waals surface area contributed by atoms with E-state index in [1.165, 1.54) is 12.1 Å². The van der Waals surface area contributed by atoms with Gasteiger partial charge in [0.1, 0.15) is 11.4 Å². The minimum atomic E-state index is -0.421. The molecule has 26 heavy (non-hydrogen) atoms. The van der Waals surface area contributed by atoms with Gasteiger partial charge < -0.3 is 4.74 Å². The Balaban J connectivity index is 1.89. The van der Waals surface area contributed by atoms with Gasteiger partial charge in [-0.3, -0.25) is 15.1 Å². The van der Waals surface area contributed by atoms with E-state index in [0.717, 1.165) is 34.1 Å². The molecule has 7 heteroatoms. The van der Waals surface area contributed by atoms with Crippen molar-refractivity contribution < 1.29 is 9.66 Å². The van der Waals surface area contributed by atoms with Crippen molar-refractivity contribution in [3.05, 3.63) is 75.6 Å². The molecule has 2 aromatic carbocycles. The molecular weight excluding hydrogens is 332 g/mol. The molecule has 0 saturated heterocycles. The van der Waals surface area contributed by atoms with Gasteiger partial charge >= 0.3 is 0 Å². The van der Waals surface area contributed by atoms with E-state index in [1.54, 1.807) is 30.1 Å². The molecule has 0 radical (unpaired) electrons. The Morgan fingerprint density at radius 1 is 1.12 bits per heavy atom. The lowest BCUT2D eigenvalue weighted by Crippen LogP contribution is -1.99. The number of benzene rings is 2. The summed E-state index contributed by atoms with van der Waals surface area (Å²) in [6.07, 6.45) is 1.77. The van der Waals surface area contributed by atoms with E-state index in [4.69, 9.17) is 4.74 Å². The highest BCUT2D eigenvalue weighted by atomic mass is 16.6. The highest BCUT2D eigenvalue weighted by Crippen LogP contribution is 2.26. The van der Waals surface area contributed by atoms with Crippen LogP contribution in [0.2, 0.25) is 0 Å². The van der Waals surface area contributed by atoms with E-state index in [1.807, 2.05) is 38.1 Å². The largest absolute Gasteiger partial charge is 0.497 e. The van der Waals surface area contributed by atoms with E-state index in [9.17, 15) is 10.1 Å². The number of methoxy groups -OCH3 is 1. The van der Waals surface area contributed by atoms with E-state index < -0.39 is 4.92 Å². The van der Waals surface area contributed by atoms with Crippen molar-refractivity contribution in [2.24, 2.45) is 4.99 Å². The molecule has 0 aliphatic heterocycles. The third-order valence-corrected chi connectivity index (χ3v) is 4.02. The van der Waals surface area contributed by atoms with Gasteiger partial charge in [-0.1, -0.05) is 0 Å². The Bertz CT molecular complexity index is 958. The van der Waals surface area contributed by atoms with Crippen molar-refractivity contribution in [3.8, 4) is 11.4 Å². The minimum Gasteiger partial charge on any atom is -0.497 e. The fourth-order valence-corrected chi connectivity index (χ4v) is 2.62. The summed E-state index contributed by atoms with van der Waals surface area (Å²) >= 11 is 0. The van der Waals surface area contributed by atoms with Crippen molar-refractivity contribution in [3.63, 3.8) is 0 Å². The number of nitro groups is 1. The predicted octanol–water partition coefficient (Wildman–Crippen LogP) is 4.16. The molecule has 0 aliphatic carbocycles. The molecule has 0 aliphatic rings. The van der Waals surface area contributed by atoms with Gasteiger partial charge in [-0.2, -0.15) is 5.10 Å². The maximum Gasteiger partial charge on any atom is 0.269 e. The summed E-state index contributed by atoms with van der Waals surface area (Å²) in [5.41, 5.74) is 4.17. The number of rotatable bonds is 5. The van der Waals surface area contributed by atoms with E-state index in [2.05, 4.69) is 10.1 Å². The van der Waals surface area contributed by atoms with E-state index >= 15 is 0 Å². The summed E-state index contributed by atoms with van der Waals surface area (Å²) in [5.74, 6) is 0.792. The minimum absolute atomic E-state index is 0.0491. The van der Waals surface area contributed by atoms with E-state index in [-0.39, 0.29) is 5.69 Å². The lowest BCUT2D eigenvalue weighted by Gasteiger charge is -2.04. The first-order valence-corrected chi connectivity index (χ1v) is 7.99. The van der Waals surface area contributed by atoms with Crippen LogP contribution in [-0.2, 0) is 0 Å². The third-order valence-electron chi connectivity index (χ3n) is 4.02. The van der Waals surface area contributed by atoms with Crippen LogP contribution in [0.15, 0.2) is 53.5 Å². The molecule has 1 aromatic heterocycles. The van der Waals surface area contributed by atoms with Crippen molar-refractivity contribution in [2.45, 2.75) is 13.8 Å². The molecule has 0 unspecified atom stereocenters. The third kappa shape index (κ3) is 3.46. The second-order valence-electron chi connectivity index (χ2n) is 5.74. The molecule has 0 amide bonds. The number of hydrogen-bond acceptors (Lipinski definition) is 5. The number of aliphatic imine (C=N–C) groups is 1. The monoisotopic (exact) mass is 350 g/mol. The molecule has 0 N–H and O–H groups in total. The Hall–Kier alpha value is -3.48. The summed E-state index contributed by atoms with van der Waals surface area (Å²) in [7, 11) is 1.63. The average molecular weight is 350 g/mol. The zero-order chi connectivity index (χ0) is 18.7. The van der Waals surface area contributed by atoms with Crippen molar-refractivity contribution >= 4 is 17.6 Å². The summed E-state index contributed by atoms with van der Waals surface area (Å²) in [6.45, 7) is 3.80. The smallest absolute Gasteiger partial charge is 0.269 e. The van der Waals surface area contributed by atoms with Crippen molar-refractivity contribution in [1.82, 2.24) is 9.78 Å². The Kier molecular flexibility index (Phi) is 4.79. The fourth-order valence-electron chi connectivity index (χ4n) is 2.62. The van der Waals surface area contributed by atoms with Crippen LogP contribution in [0.3, 0.4) is 0 Å². The van der Waals surface area contributed by atoms with Gasteiger partial charge in [0, 0.05) is 18.3 Å². The highest BCUT2D eigenvalue weighted by Gasteiger charge is 2.13. The second kappa shape index (κ2) is 7.18. The molecule has 0 saturated carbocycles. The van der Waals surface area contributed by atoms with Crippen molar-refractivity contribution in [1.29, 1.82) is 0 Å². The molecular formula is C19H18N4O3. The molecule has 0 fully saturated rings. The second-order valence-corrected chi connectivity index (χ2v) is 5.74. The number of aryl methyl sites for hydroxylation is 1. The number of nitro benzene ring substituents is 1. The first-order chi connectivity index (χ1) is 12.5. The topological polar surface area (TPSA) is 82.5 Å². The zero-order valence-corrected chi connectivity index (χ0v) is 14.7. The molecule has 3 rings (SSSR count). The van der Waals surface area contributed by atoms with Gasteiger partial charge in [0.05, 0.1) is 29.1 Å². The summed E-state index contributed by atoms with van der Waals surface area (Å²) in [4.78, 5) is 14.9. The van der Waals surface area contributed by atoms with Gasteiger partial charge in [-0.25, -0.2) is 4.68 Å². The van der Waals surface area contributed by atoms with Gasteiger partial charge in [0.2, 0.25) is 0 Å². The molecule has 0 atom stereocenters. The van der Waals surface area contributed by atoms with Crippen LogP contribution in [0.25, 0.3) is 5.69 Å². The molecule has 1 heterocycles. The Morgan fingerprint density at radius 2 is 1.77 bits per heavy atom. The summed E-state index contributed by atoms with van der Waals surface area (Å²) in [6, 6.07) is 13.9. The number of hydrogen-bond donors (Lipinski definition) is 0. The number of aromatic nitrogens is 2. The van der Waals surface area contributed by atoms with Gasteiger partial charge in [-0.05, 0) is 55.8 Å². The Labute approximate surface area is 150 Å². The van der Waals surface area contributed by atoms with Gasteiger partial charge in [-0.15, -0.1) is 0 Å². The van der Waals surface area contributed by atoms with Crippen LogP contribution in [-0.4, -0.2) is 28.0 Å². The quantitative estimate of drug-likeness (QED) is 0.393. The first kappa shape index (κ1) is 17.3. The van der Waals surface area contributed by atoms with Crippen LogP contribution in [0.4, 0.5) is 11.4 Å². The summed E-state index contributed by atoms with van der Waals surface area (Å²) < 4.78 is 6.88. The number of ether oxygens (including phenoxy) is 1. The molecule has 3 aromatic rings. The standard InChI is InChI=1S/C19H18N4O3/c1-13-19(20-12-15-4-10-18(26-3)11-5-15)14(2)22(21-13)16-6-8-17(9-7-16)23(24)25/h4-12H,1-3H3. The van der Waals surface area contributed by atoms with Gasteiger partial charge in [0.25, 0.3) is 5.69 Å². The first-order valence-electron chi connectivity index (χ1n) is 7.99. The lowest BCUT2D eigenvalue weighted by atomic mass is 10.2. The maximum absolute atomic E-state index is 10.8. The van der Waals surface area contributed by atoms with Gasteiger partial charge in [0.15, 0.2) is 0 Å². The zero-order valence-electron chi connectivity index (χ0n) is 14.7. The maximum atomic E-state index is 10.8. The fraction of sp³-hybridized carbons (Fsp3) is 0.158. The van der Waals surface area contributed by atoms with Crippen LogP contribution < -0.4 is 4.74 Å². The normalized spacial score (nSPS) is 11.0. The van der Waals surface area contributed by atoms with Crippen LogP contribution in [0.5, 0.6) is 5.75 Å². The number of nitrogens with zero attached hydrogens (tertiary/aromatic N) is 4. The van der Waals surface area contributed by atoms with Crippen molar-refractivity contribution in [2.75, 3.05) is 7.11 Å². The van der Waals surface area contributed by atoms with Crippen LogP contribution in [0.1, 0.15) is 17.0 Å². The predicted molar refractivity (Wildman–Crippen MR) is 99.9 cm³/mol. The molecule has 0 spiro atoms. The van der Waals surface area contributed by atoms with Crippen LogP contribution in [0, 0.1) is 24.0 Å². The Morgan fingerprint density at radius 3 is 2.35 bits per heavy atom. The molecule has 0 bridgehead atoms. The van der Waals surface area contributed by atoms with E-state index in [0.29, 0.717) is 0 Å².